The first-order valence-electron chi connectivity index (χ1n) is 6.58. The van der Waals surface area contributed by atoms with Gasteiger partial charge in [-0.1, -0.05) is 0 Å². The first-order valence-corrected chi connectivity index (χ1v) is 6.58. The number of hydrogen-bond donors (Lipinski definition) is 0. The molecule has 0 saturated heterocycles. The van der Waals surface area contributed by atoms with Gasteiger partial charge in [-0.15, -0.1) is 0 Å². The van der Waals surface area contributed by atoms with E-state index >= 15 is 0 Å². The lowest BCUT2D eigenvalue weighted by Gasteiger charge is -2.31. The Hall–Kier alpha value is -1.26. The Morgan fingerprint density at radius 2 is 1.26 bits per heavy atom. The van der Waals surface area contributed by atoms with Crippen LogP contribution < -0.4 is 9.47 Å². The first-order chi connectivity index (χ1) is 9.23. The van der Waals surface area contributed by atoms with Crippen LogP contribution >= 0.6 is 0 Å². The van der Waals surface area contributed by atoms with Gasteiger partial charge in [0, 0.05) is 37.2 Å². The maximum Gasteiger partial charge on any atom is 0.181 e. The average molecular weight is 264 g/mol. The van der Waals surface area contributed by atoms with Crippen LogP contribution in [0.25, 0.3) is 0 Å². The molecule has 3 rings (SSSR count). The average Bonchev–Trinajstić information content (AvgIpc) is 2.97. The Balaban J connectivity index is 2.23. The van der Waals surface area contributed by atoms with Crippen LogP contribution in [0, 0.1) is 0 Å². The number of methoxy groups -OCH3 is 4. The van der Waals surface area contributed by atoms with E-state index in [1.54, 1.807) is 28.4 Å². The topological polar surface area (TPSA) is 36.9 Å². The molecule has 19 heavy (non-hydrogen) atoms. The van der Waals surface area contributed by atoms with Gasteiger partial charge in [-0.05, 0) is 25.0 Å². The zero-order valence-electron chi connectivity index (χ0n) is 11.9. The fourth-order valence-corrected chi connectivity index (χ4v) is 3.99. The van der Waals surface area contributed by atoms with Gasteiger partial charge in [-0.25, -0.2) is 0 Å². The number of fused-ring (bicyclic) bond motifs is 5. The minimum absolute atomic E-state index is 0.215. The van der Waals surface area contributed by atoms with Gasteiger partial charge in [-0.3, -0.25) is 0 Å². The van der Waals surface area contributed by atoms with E-state index in [2.05, 4.69) is 0 Å². The normalized spacial score (nSPS) is 26.3. The highest BCUT2D eigenvalue weighted by molar-refractivity contribution is 5.59. The summed E-state index contributed by atoms with van der Waals surface area (Å²) in [6.07, 6.45) is 2.12. The Morgan fingerprint density at radius 1 is 0.842 bits per heavy atom. The molecule has 2 atom stereocenters. The molecular formula is C15H20O4. The van der Waals surface area contributed by atoms with Crippen molar-refractivity contribution in [3.05, 3.63) is 23.3 Å². The molecule has 1 saturated carbocycles. The summed E-state index contributed by atoms with van der Waals surface area (Å²) in [5.74, 6) is 1.67. The van der Waals surface area contributed by atoms with E-state index in [9.17, 15) is 0 Å². The van der Waals surface area contributed by atoms with Gasteiger partial charge < -0.3 is 18.9 Å². The molecule has 0 aliphatic heterocycles. The van der Waals surface area contributed by atoms with Crippen molar-refractivity contribution < 1.29 is 18.9 Å². The predicted molar refractivity (Wildman–Crippen MR) is 71.0 cm³/mol. The van der Waals surface area contributed by atoms with Crippen LogP contribution in [0.4, 0.5) is 0 Å². The van der Waals surface area contributed by atoms with E-state index in [-0.39, 0.29) is 11.8 Å². The molecule has 0 aromatic heterocycles. The fourth-order valence-electron chi connectivity index (χ4n) is 3.99. The Labute approximate surface area is 113 Å². The van der Waals surface area contributed by atoms with Gasteiger partial charge in [-0.2, -0.15) is 0 Å². The molecule has 0 N–H and O–H groups in total. The molecule has 0 radical (unpaired) electrons. The molecule has 0 amide bonds. The second kappa shape index (κ2) is 4.39. The summed E-state index contributed by atoms with van der Waals surface area (Å²) in [5, 5.41) is 0. The summed E-state index contributed by atoms with van der Waals surface area (Å²) in [5.41, 5.74) is 2.39. The van der Waals surface area contributed by atoms with E-state index in [1.807, 2.05) is 12.1 Å². The van der Waals surface area contributed by atoms with Gasteiger partial charge in [0.25, 0.3) is 0 Å². The summed E-state index contributed by atoms with van der Waals surface area (Å²) >= 11 is 0. The van der Waals surface area contributed by atoms with Crippen molar-refractivity contribution >= 4 is 0 Å². The van der Waals surface area contributed by atoms with E-state index in [0.717, 1.165) is 24.3 Å². The smallest absolute Gasteiger partial charge is 0.181 e. The Bertz CT molecular complexity index is 452. The predicted octanol–water partition coefficient (Wildman–Crippen LogP) is 2.67. The molecule has 2 aliphatic carbocycles. The van der Waals surface area contributed by atoms with E-state index in [0.29, 0.717) is 0 Å². The quantitative estimate of drug-likeness (QED) is 0.783. The van der Waals surface area contributed by atoms with Crippen molar-refractivity contribution in [1.29, 1.82) is 0 Å². The number of ether oxygens (including phenoxy) is 4. The van der Waals surface area contributed by atoms with Crippen molar-refractivity contribution in [2.75, 3.05) is 28.4 Å². The lowest BCUT2D eigenvalue weighted by atomic mass is 9.90. The lowest BCUT2D eigenvalue weighted by molar-refractivity contribution is -0.214. The zero-order valence-corrected chi connectivity index (χ0v) is 11.9. The minimum Gasteiger partial charge on any atom is -0.496 e. The second-order valence-corrected chi connectivity index (χ2v) is 5.11. The molecule has 1 aromatic carbocycles. The summed E-state index contributed by atoms with van der Waals surface area (Å²) in [4.78, 5) is 0. The van der Waals surface area contributed by atoms with Crippen LogP contribution in [0.1, 0.15) is 35.8 Å². The largest absolute Gasteiger partial charge is 0.496 e. The van der Waals surface area contributed by atoms with Gasteiger partial charge in [0.2, 0.25) is 0 Å². The fraction of sp³-hybridized carbons (Fsp3) is 0.600. The van der Waals surface area contributed by atoms with Crippen LogP contribution in [0.3, 0.4) is 0 Å². The number of hydrogen-bond acceptors (Lipinski definition) is 4. The molecule has 0 unspecified atom stereocenters. The van der Waals surface area contributed by atoms with Crippen LogP contribution in [0.2, 0.25) is 0 Å². The Morgan fingerprint density at radius 3 is 1.58 bits per heavy atom. The molecule has 1 aromatic rings. The molecule has 2 aliphatic rings. The molecule has 4 heteroatoms. The summed E-state index contributed by atoms with van der Waals surface area (Å²) in [6.45, 7) is 0. The monoisotopic (exact) mass is 264 g/mol. The third-order valence-electron chi connectivity index (χ3n) is 4.70. The highest BCUT2D eigenvalue weighted by atomic mass is 16.7. The Kier molecular flexibility index (Phi) is 2.95. The van der Waals surface area contributed by atoms with E-state index < -0.39 is 5.79 Å². The maximum absolute atomic E-state index is 5.78. The second-order valence-electron chi connectivity index (χ2n) is 5.11. The van der Waals surface area contributed by atoms with Crippen molar-refractivity contribution in [1.82, 2.24) is 0 Å². The van der Waals surface area contributed by atoms with Gasteiger partial charge in [0.05, 0.1) is 14.2 Å². The zero-order chi connectivity index (χ0) is 13.6. The third kappa shape index (κ3) is 1.41. The molecular weight excluding hydrogens is 244 g/mol. The molecule has 0 heterocycles. The van der Waals surface area contributed by atoms with Crippen LogP contribution in [0.5, 0.6) is 11.5 Å². The minimum atomic E-state index is -0.565. The van der Waals surface area contributed by atoms with Gasteiger partial charge in [0.15, 0.2) is 5.79 Å². The van der Waals surface area contributed by atoms with Gasteiger partial charge in [0.1, 0.15) is 11.5 Å². The SMILES string of the molecule is COc1ccc(OC)c2c1[C@H]1CC[C@@H]2C1(OC)OC. The van der Waals surface area contributed by atoms with Crippen LogP contribution in [-0.4, -0.2) is 34.2 Å². The van der Waals surface area contributed by atoms with Crippen LogP contribution in [-0.2, 0) is 9.47 Å². The molecule has 2 bridgehead atoms. The molecule has 104 valence electrons. The van der Waals surface area contributed by atoms with Gasteiger partial charge >= 0.3 is 0 Å². The summed E-state index contributed by atoms with van der Waals surface area (Å²) in [7, 11) is 6.85. The molecule has 1 fully saturated rings. The van der Waals surface area contributed by atoms with Crippen molar-refractivity contribution in [2.45, 2.75) is 30.5 Å². The molecule has 0 spiro atoms. The molecule has 4 nitrogen and oxygen atoms in total. The number of benzene rings is 1. The third-order valence-corrected chi connectivity index (χ3v) is 4.70. The highest BCUT2D eigenvalue weighted by Gasteiger charge is 2.61. The van der Waals surface area contributed by atoms with Crippen LogP contribution in [0.15, 0.2) is 12.1 Å². The summed E-state index contributed by atoms with van der Waals surface area (Å²) in [6, 6.07) is 3.93. The van der Waals surface area contributed by atoms with Crippen molar-refractivity contribution in [3.8, 4) is 11.5 Å². The van der Waals surface area contributed by atoms with Crippen molar-refractivity contribution in [2.24, 2.45) is 0 Å². The van der Waals surface area contributed by atoms with Crippen molar-refractivity contribution in [3.63, 3.8) is 0 Å². The van der Waals surface area contributed by atoms with E-state index in [1.165, 1.54) is 11.1 Å². The maximum atomic E-state index is 5.78. The summed E-state index contributed by atoms with van der Waals surface area (Å²) < 4.78 is 22.6. The first kappa shape index (κ1) is 12.8. The highest BCUT2D eigenvalue weighted by Crippen LogP contribution is 2.65. The van der Waals surface area contributed by atoms with E-state index in [4.69, 9.17) is 18.9 Å². The lowest BCUT2D eigenvalue weighted by Crippen LogP contribution is -2.36. The number of rotatable bonds is 4. The standard InChI is InChI=1S/C15H20O4/c1-16-11-7-8-12(17-2)14-10-6-5-9(13(11)14)15(10,18-3)19-4/h7-10H,5-6H2,1-4H3/t9-,10+.